The molecule has 90 heavy (non-hydrogen) atoms. The van der Waals surface area contributed by atoms with Crippen LogP contribution in [0.3, 0.4) is 0 Å². The number of hydrogen-bond donors (Lipinski definition) is 0. The molecule has 0 saturated carbocycles. The summed E-state index contributed by atoms with van der Waals surface area (Å²) in [7, 11) is 0. The average Bonchev–Trinajstić information content (AvgIpc) is 1.47. The highest BCUT2D eigenvalue weighted by molar-refractivity contribution is 7.27. The molecule has 0 bridgehead atoms. The standard InChI is InChI=1S/C80H40N6S4/c81-41-59-77(83-61-25-9-1-17-43(61)51-33-55-47-21-5-13-29-69(47)87-73(55)37-65(51)83)78(84-62-26-10-2-18-44(62)52-34-56-48-22-6-14-30-70(48)88-74(56)38-66(52)84)60(42-82)80(86-64-28-12-4-20-46(64)54-36-58-50-24-8-16-32-72(50)90-76(58)40-68(54)86)79(59)85-63-27-11-3-19-45(63)53-35-57-49-23-7-15-31-71(49)89-75(57)39-67(53)85/h1-40H. The van der Waals surface area contributed by atoms with Crippen LogP contribution in [0.4, 0.5) is 0 Å². The number of hydrogen-bond acceptors (Lipinski definition) is 6. The number of nitrogens with zero attached hydrogens (tertiary/aromatic N) is 6. The third-order valence-corrected chi connectivity index (χ3v) is 23.7. The van der Waals surface area contributed by atoms with Gasteiger partial charge in [-0.2, -0.15) is 10.5 Å². The molecule has 414 valence electrons. The summed E-state index contributed by atoms with van der Waals surface area (Å²) in [5.41, 5.74) is 10.9. The zero-order chi connectivity index (χ0) is 58.8. The molecule has 8 heterocycles. The number of nitriles is 2. The van der Waals surface area contributed by atoms with Crippen molar-refractivity contribution < 1.29 is 0 Å². The van der Waals surface area contributed by atoms with Gasteiger partial charge in [0.05, 0.1) is 66.9 Å². The Morgan fingerprint density at radius 3 is 0.644 bits per heavy atom. The van der Waals surface area contributed by atoms with Crippen molar-refractivity contribution >= 4 is 213 Å². The van der Waals surface area contributed by atoms with Gasteiger partial charge in [-0.05, 0) is 97.1 Å². The van der Waals surface area contributed by atoms with Crippen LogP contribution in [0.25, 0.3) is 191 Å². The number of aromatic nitrogens is 4. The molecule has 0 fully saturated rings. The molecule has 0 saturated heterocycles. The largest absolute Gasteiger partial charge is 0.306 e. The normalized spacial score (nSPS) is 12.4. The molecule has 8 aromatic heterocycles. The van der Waals surface area contributed by atoms with Gasteiger partial charge in [0, 0.05) is 124 Å². The monoisotopic (exact) mass is 1210 g/mol. The van der Waals surface area contributed by atoms with Gasteiger partial charge in [0.15, 0.2) is 0 Å². The van der Waals surface area contributed by atoms with Gasteiger partial charge in [0.2, 0.25) is 0 Å². The fraction of sp³-hybridized carbons (Fsp3) is 0. The van der Waals surface area contributed by atoms with Crippen LogP contribution < -0.4 is 0 Å². The maximum Gasteiger partial charge on any atom is 0.104 e. The molecule has 0 amide bonds. The molecule has 0 spiro atoms. The zero-order valence-electron chi connectivity index (χ0n) is 47.4. The van der Waals surface area contributed by atoms with E-state index in [1.807, 2.05) is 0 Å². The first-order valence-electron chi connectivity index (χ1n) is 30.0. The van der Waals surface area contributed by atoms with Crippen molar-refractivity contribution in [3.05, 3.63) is 254 Å². The van der Waals surface area contributed by atoms with Crippen LogP contribution in [-0.4, -0.2) is 18.3 Å². The third-order valence-electron chi connectivity index (χ3n) is 19.2. The first kappa shape index (κ1) is 49.0. The molecular weight excluding hydrogens is 1170 g/mol. The van der Waals surface area contributed by atoms with Gasteiger partial charge in [-0.25, -0.2) is 0 Å². The summed E-state index contributed by atoms with van der Waals surface area (Å²) in [5, 5.41) is 44.6. The molecule has 0 aliphatic carbocycles. The maximum absolute atomic E-state index is 13.3. The van der Waals surface area contributed by atoms with Crippen molar-refractivity contribution in [1.82, 2.24) is 18.3 Å². The fourth-order valence-electron chi connectivity index (χ4n) is 15.5. The molecule has 0 aliphatic heterocycles. The van der Waals surface area contributed by atoms with Gasteiger partial charge in [0.25, 0.3) is 0 Å². The lowest BCUT2D eigenvalue weighted by Crippen LogP contribution is -2.16. The number of thiophene rings is 4. The van der Waals surface area contributed by atoms with Crippen LogP contribution in [0.1, 0.15) is 11.1 Å². The molecule has 10 heteroatoms. The number of para-hydroxylation sites is 4. The highest BCUT2D eigenvalue weighted by Gasteiger charge is 2.35. The summed E-state index contributed by atoms with van der Waals surface area (Å²) in [4.78, 5) is 0. The Morgan fingerprint density at radius 2 is 0.411 bits per heavy atom. The van der Waals surface area contributed by atoms with Gasteiger partial charge in [-0.1, -0.05) is 146 Å². The quantitative estimate of drug-likeness (QED) is 0.176. The van der Waals surface area contributed by atoms with E-state index in [0.717, 1.165) is 106 Å². The van der Waals surface area contributed by atoms with Crippen LogP contribution >= 0.6 is 45.3 Å². The van der Waals surface area contributed by atoms with Crippen LogP contribution in [0, 0.1) is 22.7 Å². The molecule has 13 aromatic carbocycles. The van der Waals surface area contributed by atoms with Gasteiger partial charge >= 0.3 is 0 Å². The second-order valence-electron chi connectivity index (χ2n) is 23.6. The maximum atomic E-state index is 13.3. The molecular formula is C80H40N6S4. The zero-order valence-corrected chi connectivity index (χ0v) is 50.7. The highest BCUT2D eigenvalue weighted by atomic mass is 32.1. The van der Waals surface area contributed by atoms with Gasteiger partial charge in [0.1, 0.15) is 23.3 Å². The number of fused-ring (bicyclic) bond motifs is 24. The molecule has 0 N–H and O–H groups in total. The van der Waals surface area contributed by atoms with Crippen LogP contribution in [0.5, 0.6) is 0 Å². The van der Waals surface area contributed by atoms with E-state index in [0.29, 0.717) is 33.9 Å². The van der Waals surface area contributed by atoms with E-state index in [9.17, 15) is 10.5 Å². The van der Waals surface area contributed by atoms with Crippen molar-refractivity contribution in [1.29, 1.82) is 10.5 Å². The van der Waals surface area contributed by atoms with E-state index in [1.165, 1.54) is 61.9 Å². The fourth-order valence-corrected chi connectivity index (χ4v) is 20.0. The Labute approximate surface area is 526 Å². The van der Waals surface area contributed by atoms with Crippen LogP contribution in [0.2, 0.25) is 0 Å². The van der Waals surface area contributed by atoms with E-state index in [-0.39, 0.29) is 0 Å². The van der Waals surface area contributed by atoms with Gasteiger partial charge in [-0.3, -0.25) is 0 Å². The Morgan fingerprint density at radius 1 is 0.200 bits per heavy atom. The Kier molecular flexibility index (Phi) is 9.69. The highest BCUT2D eigenvalue weighted by Crippen LogP contribution is 2.52. The lowest BCUT2D eigenvalue weighted by atomic mass is 9.98. The minimum Gasteiger partial charge on any atom is -0.306 e. The Hall–Kier alpha value is -11.1. The van der Waals surface area contributed by atoms with Crippen LogP contribution in [-0.2, 0) is 0 Å². The smallest absolute Gasteiger partial charge is 0.104 e. The van der Waals surface area contributed by atoms with E-state index in [1.54, 1.807) is 45.3 Å². The molecule has 0 aliphatic rings. The number of benzene rings is 13. The van der Waals surface area contributed by atoms with Gasteiger partial charge in [-0.15, -0.1) is 45.3 Å². The van der Waals surface area contributed by atoms with Crippen molar-refractivity contribution in [3.8, 4) is 34.9 Å². The van der Waals surface area contributed by atoms with E-state index < -0.39 is 0 Å². The molecule has 0 atom stereocenters. The van der Waals surface area contributed by atoms with E-state index in [4.69, 9.17) is 0 Å². The average molecular weight is 1210 g/mol. The summed E-state index contributed by atoms with van der Waals surface area (Å²) in [6.45, 7) is 0. The summed E-state index contributed by atoms with van der Waals surface area (Å²) < 4.78 is 18.8. The molecule has 6 nitrogen and oxygen atoms in total. The lowest BCUT2D eigenvalue weighted by molar-refractivity contribution is 1.02. The van der Waals surface area contributed by atoms with E-state index >= 15 is 0 Å². The molecule has 21 rings (SSSR count). The minimum atomic E-state index is 0.430. The topological polar surface area (TPSA) is 67.3 Å². The Balaban J connectivity index is 1.04. The number of rotatable bonds is 4. The van der Waals surface area contributed by atoms with Crippen molar-refractivity contribution in [2.24, 2.45) is 0 Å². The summed E-state index contributed by atoms with van der Waals surface area (Å²) >= 11 is 7.15. The Bertz CT molecular complexity index is 6130. The molecule has 21 aromatic rings. The van der Waals surface area contributed by atoms with Crippen molar-refractivity contribution in [2.75, 3.05) is 0 Å². The molecule has 0 unspecified atom stereocenters. The third kappa shape index (κ3) is 6.32. The van der Waals surface area contributed by atoms with E-state index in [2.05, 4.69) is 273 Å². The SMILES string of the molecule is N#Cc1c(-n2c3ccccc3c3cc4c(cc32)sc2ccccc24)c(-n2c3ccccc3c3cc4c(cc32)sc2ccccc24)c(C#N)c(-n2c3ccccc3c3cc4c(cc32)sc2ccccc24)c1-n1c2ccccc2c2cc3c(cc21)sc1ccccc13. The van der Waals surface area contributed by atoms with Gasteiger partial charge < -0.3 is 18.3 Å². The van der Waals surface area contributed by atoms with Crippen LogP contribution in [0.15, 0.2) is 243 Å². The first-order chi connectivity index (χ1) is 44.6. The summed E-state index contributed by atoms with van der Waals surface area (Å²) in [6, 6.07) is 94.3. The second kappa shape index (κ2) is 17.8. The minimum absolute atomic E-state index is 0.430. The van der Waals surface area contributed by atoms with Crippen molar-refractivity contribution in [3.63, 3.8) is 0 Å². The summed E-state index contributed by atoms with van der Waals surface area (Å²) in [6.07, 6.45) is 0. The summed E-state index contributed by atoms with van der Waals surface area (Å²) in [5.74, 6) is 0. The predicted molar refractivity (Wildman–Crippen MR) is 385 cm³/mol. The predicted octanol–water partition coefficient (Wildman–Crippen LogP) is 23.3. The molecule has 0 radical (unpaired) electrons. The lowest BCUT2D eigenvalue weighted by Gasteiger charge is -2.27. The van der Waals surface area contributed by atoms with Crippen molar-refractivity contribution in [2.45, 2.75) is 0 Å². The first-order valence-corrected chi connectivity index (χ1v) is 33.3. The second-order valence-corrected chi connectivity index (χ2v) is 28.0.